The van der Waals surface area contributed by atoms with E-state index < -0.39 is 15.9 Å². The lowest BCUT2D eigenvalue weighted by Gasteiger charge is -2.11. The maximum Gasteiger partial charge on any atom is 0.251 e. The van der Waals surface area contributed by atoms with Crippen LogP contribution in [0, 0.1) is 6.92 Å². The molecule has 0 aliphatic carbocycles. The normalized spacial score (nSPS) is 11.2. The van der Waals surface area contributed by atoms with Gasteiger partial charge in [-0.1, -0.05) is 36.4 Å². The van der Waals surface area contributed by atoms with Gasteiger partial charge in [-0.15, -0.1) is 0 Å². The average molecular weight is 348 g/mol. The molecule has 24 heavy (non-hydrogen) atoms. The number of rotatable bonds is 7. The van der Waals surface area contributed by atoms with Crippen molar-refractivity contribution < 1.29 is 18.3 Å². The van der Waals surface area contributed by atoms with Crippen LogP contribution in [-0.4, -0.2) is 32.6 Å². The van der Waals surface area contributed by atoms with Gasteiger partial charge in [-0.25, -0.2) is 13.1 Å². The van der Waals surface area contributed by atoms with Crippen LogP contribution in [0.15, 0.2) is 53.4 Å². The van der Waals surface area contributed by atoms with Crippen molar-refractivity contribution in [2.75, 3.05) is 13.2 Å². The monoisotopic (exact) mass is 348 g/mol. The van der Waals surface area contributed by atoms with Gasteiger partial charge in [-0.2, -0.15) is 0 Å². The van der Waals surface area contributed by atoms with Crippen molar-refractivity contribution >= 4 is 15.9 Å². The minimum Gasteiger partial charge on any atom is -0.395 e. The molecule has 0 heterocycles. The predicted octanol–water partition coefficient (Wildman–Crippen LogP) is 1.20. The van der Waals surface area contributed by atoms with E-state index in [-0.39, 0.29) is 30.2 Å². The number of aliphatic hydroxyl groups excluding tert-OH is 1. The summed E-state index contributed by atoms with van der Waals surface area (Å²) >= 11 is 0. The topological polar surface area (TPSA) is 95.5 Å². The Labute approximate surface area is 141 Å². The second-order valence-corrected chi connectivity index (χ2v) is 7.01. The molecule has 0 radical (unpaired) electrons. The van der Waals surface area contributed by atoms with Crippen molar-refractivity contribution in [1.29, 1.82) is 0 Å². The highest BCUT2D eigenvalue weighted by atomic mass is 32.2. The molecule has 0 fully saturated rings. The zero-order valence-electron chi connectivity index (χ0n) is 13.3. The minimum atomic E-state index is -3.75. The van der Waals surface area contributed by atoms with Gasteiger partial charge in [0, 0.05) is 18.7 Å². The van der Waals surface area contributed by atoms with Crippen LogP contribution in [0.4, 0.5) is 0 Å². The van der Waals surface area contributed by atoms with Gasteiger partial charge in [0.2, 0.25) is 10.0 Å². The molecule has 2 aromatic rings. The van der Waals surface area contributed by atoms with Gasteiger partial charge < -0.3 is 10.4 Å². The molecule has 0 saturated heterocycles. The van der Waals surface area contributed by atoms with Crippen molar-refractivity contribution in [3.05, 3.63) is 65.2 Å². The summed E-state index contributed by atoms with van der Waals surface area (Å²) in [6, 6.07) is 13.7. The standard InChI is InChI=1S/C17H20N2O4S/c1-13-7-8-15(17(21)18-9-10-20)11-16(13)24(22,23)19-12-14-5-3-2-4-6-14/h2-8,11,19-20H,9-10,12H2,1H3,(H,18,21). The molecule has 0 spiro atoms. The fraction of sp³-hybridized carbons (Fsp3) is 0.235. The number of hydrogen-bond donors (Lipinski definition) is 3. The Balaban J connectivity index is 2.21. The third kappa shape index (κ3) is 4.64. The molecule has 2 aromatic carbocycles. The second-order valence-electron chi connectivity index (χ2n) is 5.27. The SMILES string of the molecule is Cc1ccc(C(=O)NCCO)cc1S(=O)(=O)NCc1ccccc1. The summed E-state index contributed by atoms with van der Waals surface area (Å²) in [6.45, 7) is 1.78. The highest BCUT2D eigenvalue weighted by Crippen LogP contribution is 2.17. The molecule has 0 unspecified atom stereocenters. The molecule has 0 atom stereocenters. The van der Waals surface area contributed by atoms with Crippen LogP contribution in [0.2, 0.25) is 0 Å². The fourth-order valence-electron chi connectivity index (χ4n) is 2.15. The Kier molecular flexibility index (Phi) is 6.08. The van der Waals surface area contributed by atoms with Gasteiger partial charge in [-0.05, 0) is 30.2 Å². The lowest BCUT2D eigenvalue weighted by Crippen LogP contribution is -2.27. The quantitative estimate of drug-likeness (QED) is 0.700. The van der Waals surface area contributed by atoms with Gasteiger partial charge in [0.1, 0.15) is 0 Å². The van der Waals surface area contributed by atoms with Crippen LogP contribution in [0.5, 0.6) is 0 Å². The molecule has 0 aliphatic rings. The van der Waals surface area contributed by atoms with Crippen LogP contribution in [0.1, 0.15) is 21.5 Å². The van der Waals surface area contributed by atoms with E-state index in [0.717, 1.165) is 5.56 Å². The number of carbonyl (C=O) groups excluding carboxylic acids is 1. The molecule has 2 rings (SSSR count). The van der Waals surface area contributed by atoms with Gasteiger partial charge >= 0.3 is 0 Å². The van der Waals surface area contributed by atoms with Crippen LogP contribution < -0.4 is 10.0 Å². The Morgan fingerprint density at radius 3 is 2.50 bits per heavy atom. The molecular formula is C17H20N2O4S. The van der Waals surface area contributed by atoms with Gasteiger partial charge in [0.05, 0.1) is 11.5 Å². The molecule has 1 amide bonds. The van der Waals surface area contributed by atoms with E-state index in [9.17, 15) is 13.2 Å². The van der Waals surface area contributed by atoms with Crippen molar-refractivity contribution in [1.82, 2.24) is 10.0 Å². The first-order valence-corrected chi connectivity index (χ1v) is 8.95. The zero-order valence-corrected chi connectivity index (χ0v) is 14.1. The number of nitrogens with one attached hydrogen (secondary N) is 2. The molecule has 0 aromatic heterocycles. The Morgan fingerprint density at radius 1 is 1.12 bits per heavy atom. The minimum absolute atomic E-state index is 0.0649. The summed E-state index contributed by atoms with van der Waals surface area (Å²) < 4.78 is 27.6. The largest absolute Gasteiger partial charge is 0.395 e. The number of sulfonamides is 1. The van der Waals surface area contributed by atoms with Crippen molar-refractivity contribution in [2.24, 2.45) is 0 Å². The molecule has 128 valence electrons. The van der Waals surface area contributed by atoms with Crippen LogP contribution in [-0.2, 0) is 16.6 Å². The molecular weight excluding hydrogens is 328 g/mol. The Hall–Kier alpha value is -2.22. The van der Waals surface area contributed by atoms with Gasteiger partial charge in [0.25, 0.3) is 5.91 Å². The number of benzene rings is 2. The number of hydrogen-bond acceptors (Lipinski definition) is 4. The van der Waals surface area contributed by atoms with E-state index in [0.29, 0.717) is 5.56 Å². The molecule has 3 N–H and O–H groups in total. The van der Waals surface area contributed by atoms with E-state index in [1.807, 2.05) is 30.3 Å². The van der Waals surface area contributed by atoms with Crippen molar-refractivity contribution in [2.45, 2.75) is 18.4 Å². The smallest absolute Gasteiger partial charge is 0.251 e. The van der Waals surface area contributed by atoms with E-state index in [1.54, 1.807) is 19.1 Å². The predicted molar refractivity (Wildman–Crippen MR) is 91.1 cm³/mol. The van der Waals surface area contributed by atoms with E-state index >= 15 is 0 Å². The summed E-state index contributed by atoms with van der Waals surface area (Å²) in [5.41, 5.74) is 1.62. The number of carbonyl (C=O) groups is 1. The maximum absolute atomic E-state index is 12.5. The van der Waals surface area contributed by atoms with E-state index in [2.05, 4.69) is 10.0 Å². The lowest BCUT2D eigenvalue weighted by atomic mass is 10.1. The molecule has 0 aliphatic heterocycles. The molecule has 7 heteroatoms. The summed E-state index contributed by atoms with van der Waals surface area (Å²) in [4.78, 5) is 12.0. The van der Waals surface area contributed by atoms with E-state index in [4.69, 9.17) is 5.11 Å². The molecule has 0 bridgehead atoms. The van der Waals surface area contributed by atoms with Crippen LogP contribution >= 0.6 is 0 Å². The fourth-order valence-corrected chi connectivity index (χ4v) is 3.44. The third-order valence-corrected chi connectivity index (χ3v) is 4.99. The highest BCUT2D eigenvalue weighted by Gasteiger charge is 2.18. The first-order chi connectivity index (χ1) is 11.4. The van der Waals surface area contributed by atoms with Crippen LogP contribution in [0.25, 0.3) is 0 Å². The first-order valence-electron chi connectivity index (χ1n) is 7.47. The van der Waals surface area contributed by atoms with Crippen molar-refractivity contribution in [3.63, 3.8) is 0 Å². The molecule has 0 saturated carbocycles. The van der Waals surface area contributed by atoms with Crippen molar-refractivity contribution in [3.8, 4) is 0 Å². The number of amides is 1. The highest BCUT2D eigenvalue weighted by molar-refractivity contribution is 7.89. The average Bonchev–Trinajstić information content (AvgIpc) is 2.59. The number of aliphatic hydroxyl groups is 1. The summed E-state index contributed by atoms with van der Waals surface area (Å²) in [5.74, 6) is -0.427. The Bertz CT molecular complexity index is 805. The molecule has 6 nitrogen and oxygen atoms in total. The Morgan fingerprint density at radius 2 is 1.83 bits per heavy atom. The van der Waals surface area contributed by atoms with Gasteiger partial charge in [-0.3, -0.25) is 4.79 Å². The first kappa shape index (κ1) is 18.1. The lowest BCUT2D eigenvalue weighted by molar-refractivity contribution is 0.0944. The number of aryl methyl sites for hydroxylation is 1. The summed E-state index contributed by atoms with van der Waals surface area (Å²) in [6.07, 6.45) is 0. The maximum atomic E-state index is 12.5. The third-order valence-electron chi connectivity index (χ3n) is 3.45. The summed E-state index contributed by atoms with van der Waals surface area (Å²) in [7, 11) is -3.75. The summed E-state index contributed by atoms with van der Waals surface area (Å²) in [5, 5.41) is 11.2. The van der Waals surface area contributed by atoms with Crippen LogP contribution in [0.3, 0.4) is 0 Å². The van der Waals surface area contributed by atoms with Gasteiger partial charge in [0.15, 0.2) is 0 Å². The van der Waals surface area contributed by atoms with E-state index in [1.165, 1.54) is 6.07 Å². The zero-order chi connectivity index (χ0) is 17.6. The second kappa shape index (κ2) is 8.05.